The number of benzene rings is 1. The minimum absolute atomic E-state index is 0.00527. The first-order chi connectivity index (χ1) is 11.2. The Bertz CT molecular complexity index is 660. The van der Waals surface area contributed by atoms with Crippen LogP contribution >= 0.6 is 0 Å². The third kappa shape index (κ3) is 5.59. The molecule has 7 nitrogen and oxygen atoms in total. The van der Waals surface area contributed by atoms with Gasteiger partial charge < -0.3 is 14.8 Å². The number of carbonyl (C=O) groups excluding carboxylic acids is 1. The standard InChI is InChI=1S/C16H26N2O5S/c1-6-7-12(2)17-16(19)11-18(24(5,20)21)13-8-9-14(22-3)15(10-13)23-4/h8-10,12H,6-7,11H2,1-5H3,(H,17,19)/t12-/m1/s1. The number of sulfonamides is 1. The number of carbonyl (C=O) groups is 1. The van der Waals surface area contributed by atoms with Crippen molar-refractivity contribution in [3.8, 4) is 11.5 Å². The molecule has 0 aliphatic heterocycles. The molecular formula is C16H26N2O5S. The van der Waals surface area contributed by atoms with Gasteiger partial charge in [0.2, 0.25) is 15.9 Å². The normalized spacial score (nSPS) is 12.4. The average Bonchev–Trinajstić information content (AvgIpc) is 2.51. The molecule has 1 amide bonds. The van der Waals surface area contributed by atoms with Crippen LogP contribution in [0, 0.1) is 0 Å². The number of nitrogens with one attached hydrogen (secondary N) is 1. The van der Waals surface area contributed by atoms with Gasteiger partial charge >= 0.3 is 0 Å². The lowest BCUT2D eigenvalue weighted by molar-refractivity contribution is -0.120. The maximum Gasteiger partial charge on any atom is 0.240 e. The molecule has 1 rings (SSSR count). The quantitative estimate of drug-likeness (QED) is 0.727. The summed E-state index contributed by atoms with van der Waals surface area (Å²) in [6, 6.07) is 4.70. The number of amides is 1. The summed E-state index contributed by atoms with van der Waals surface area (Å²) < 4.78 is 35.6. The number of methoxy groups -OCH3 is 2. The summed E-state index contributed by atoms with van der Waals surface area (Å²) in [5.74, 6) is 0.523. The maximum absolute atomic E-state index is 12.2. The summed E-state index contributed by atoms with van der Waals surface area (Å²) in [5.41, 5.74) is 0.341. The second-order valence-electron chi connectivity index (χ2n) is 5.57. The highest BCUT2D eigenvalue weighted by atomic mass is 32.2. The summed E-state index contributed by atoms with van der Waals surface area (Å²) in [7, 11) is -0.671. The smallest absolute Gasteiger partial charge is 0.240 e. The van der Waals surface area contributed by atoms with Gasteiger partial charge in [0, 0.05) is 12.1 Å². The Morgan fingerprint density at radius 2 is 1.88 bits per heavy atom. The number of hydrogen-bond donors (Lipinski definition) is 1. The van der Waals surface area contributed by atoms with E-state index in [4.69, 9.17) is 9.47 Å². The van der Waals surface area contributed by atoms with E-state index in [0.29, 0.717) is 17.2 Å². The first kappa shape index (κ1) is 20.1. The van der Waals surface area contributed by atoms with E-state index >= 15 is 0 Å². The molecule has 24 heavy (non-hydrogen) atoms. The highest BCUT2D eigenvalue weighted by Gasteiger charge is 2.22. The van der Waals surface area contributed by atoms with Gasteiger partial charge in [-0.15, -0.1) is 0 Å². The van der Waals surface area contributed by atoms with Crippen molar-refractivity contribution in [2.45, 2.75) is 32.7 Å². The molecule has 0 aromatic heterocycles. The van der Waals surface area contributed by atoms with Crippen LogP contribution in [0.25, 0.3) is 0 Å². The van der Waals surface area contributed by atoms with E-state index in [1.165, 1.54) is 20.3 Å². The van der Waals surface area contributed by atoms with E-state index in [2.05, 4.69) is 5.32 Å². The lowest BCUT2D eigenvalue weighted by Crippen LogP contribution is -2.43. The summed E-state index contributed by atoms with van der Waals surface area (Å²) in [4.78, 5) is 12.2. The first-order valence-electron chi connectivity index (χ1n) is 7.72. The van der Waals surface area contributed by atoms with Crippen LogP contribution in [0.5, 0.6) is 11.5 Å². The van der Waals surface area contributed by atoms with E-state index in [1.54, 1.807) is 12.1 Å². The van der Waals surface area contributed by atoms with Crippen LogP contribution in [0.4, 0.5) is 5.69 Å². The fraction of sp³-hybridized carbons (Fsp3) is 0.562. The highest BCUT2D eigenvalue weighted by Crippen LogP contribution is 2.32. The molecule has 0 heterocycles. The first-order valence-corrected chi connectivity index (χ1v) is 9.56. The van der Waals surface area contributed by atoms with E-state index in [-0.39, 0.29) is 18.5 Å². The van der Waals surface area contributed by atoms with Crippen molar-refractivity contribution in [1.82, 2.24) is 5.32 Å². The number of anilines is 1. The zero-order chi connectivity index (χ0) is 18.3. The molecule has 0 radical (unpaired) electrons. The molecule has 1 aromatic carbocycles. The number of rotatable bonds is 9. The van der Waals surface area contributed by atoms with Crippen molar-refractivity contribution in [2.75, 3.05) is 31.3 Å². The van der Waals surface area contributed by atoms with Crippen molar-refractivity contribution in [1.29, 1.82) is 0 Å². The summed E-state index contributed by atoms with van der Waals surface area (Å²) in [5, 5.41) is 2.80. The minimum Gasteiger partial charge on any atom is -0.493 e. The average molecular weight is 358 g/mol. The Morgan fingerprint density at radius 1 is 1.25 bits per heavy atom. The second-order valence-corrected chi connectivity index (χ2v) is 7.47. The number of nitrogens with zero attached hydrogens (tertiary/aromatic N) is 1. The molecule has 8 heteroatoms. The molecule has 0 saturated heterocycles. The fourth-order valence-electron chi connectivity index (χ4n) is 2.34. The molecule has 0 saturated carbocycles. The maximum atomic E-state index is 12.2. The van der Waals surface area contributed by atoms with E-state index in [1.807, 2.05) is 13.8 Å². The lowest BCUT2D eigenvalue weighted by atomic mass is 10.2. The van der Waals surface area contributed by atoms with Gasteiger partial charge in [-0.25, -0.2) is 8.42 Å². The van der Waals surface area contributed by atoms with E-state index in [9.17, 15) is 13.2 Å². The highest BCUT2D eigenvalue weighted by molar-refractivity contribution is 7.92. The van der Waals surface area contributed by atoms with Gasteiger partial charge in [0.05, 0.1) is 26.2 Å². The largest absolute Gasteiger partial charge is 0.493 e. The minimum atomic E-state index is -3.63. The molecule has 0 unspecified atom stereocenters. The van der Waals surface area contributed by atoms with Crippen LogP contribution in [0.1, 0.15) is 26.7 Å². The topological polar surface area (TPSA) is 84.9 Å². The fourth-order valence-corrected chi connectivity index (χ4v) is 3.18. The summed E-state index contributed by atoms with van der Waals surface area (Å²) in [6.07, 6.45) is 2.83. The van der Waals surface area contributed by atoms with Crippen molar-refractivity contribution in [2.24, 2.45) is 0 Å². The molecule has 0 aliphatic carbocycles. The molecule has 0 fully saturated rings. The van der Waals surface area contributed by atoms with Crippen LogP contribution in [0.15, 0.2) is 18.2 Å². The molecule has 0 spiro atoms. The lowest BCUT2D eigenvalue weighted by Gasteiger charge is -2.24. The predicted molar refractivity (Wildman–Crippen MR) is 94.2 cm³/mol. The zero-order valence-corrected chi connectivity index (χ0v) is 15.6. The third-order valence-corrected chi connectivity index (χ3v) is 4.61. The number of ether oxygens (including phenoxy) is 2. The third-order valence-electron chi connectivity index (χ3n) is 3.47. The van der Waals surface area contributed by atoms with Crippen molar-refractivity contribution in [3.63, 3.8) is 0 Å². The van der Waals surface area contributed by atoms with Crippen LogP contribution in [-0.2, 0) is 14.8 Å². The van der Waals surface area contributed by atoms with Gasteiger partial charge in [0.15, 0.2) is 11.5 Å². The molecule has 1 N–H and O–H groups in total. The Kier molecular flexibility index (Phi) is 7.34. The molecule has 0 bridgehead atoms. The van der Waals surface area contributed by atoms with Crippen molar-refractivity contribution < 1.29 is 22.7 Å². The van der Waals surface area contributed by atoms with E-state index < -0.39 is 10.0 Å². The molecule has 136 valence electrons. The van der Waals surface area contributed by atoms with Crippen LogP contribution < -0.4 is 19.1 Å². The van der Waals surface area contributed by atoms with Crippen molar-refractivity contribution >= 4 is 21.6 Å². The van der Waals surface area contributed by atoms with Gasteiger partial charge in [-0.2, -0.15) is 0 Å². The van der Waals surface area contributed by atoms with Gasteiger partial charge in [-0.3, -0.25) is 9.10 Å². The summed E-state index contributed by atoms with van der Waals surface area (Å²) >= 11 is 0. The molecule has 0 aliphatic rings. The van der Waals surface area contributed by atoms with Gasteiger partial charge in [-0.1, -0.05) is 13.3 Å². The predicted octanol–water partition coefficient (Wildman–Crippen LogP) is 1.77. The van der Waals surface area contributed by atoms with Crippen LogP contribution in [0.3, 0.4) is 0 Å². The monoisotopic (exact) mass is 358 g/mol. The molecule has 1 aromatic rings. The zero-order valence-electron chi connectivity index (χ0n) is 14.8. The van der Waals surface area contributed by atoms with Crippen molar-refractivity contribution in [3.05, 3.63) is 18.2 Å². The Morgan fingerprint density at radius 3 is 2.38 bits per heavy atom. The number of hydrogen-bond acceptors (Lipinski definition) is 5. The SMILES string of the molecule is CCC[C@@H](C)NC(=O)CN(c1ccc(OC)c(OC)c1)S(C)(=O)=O. The summed E-state index contributed by atoms with van der Waals surface area (Å²) in [6.45, 7) is 3.63. The second kappa shape index (κ2) is 8.77. The van der Waals surface area contributed by atoms with Gasteiger partial charge in [0.25, 0.3) is 0 Å². The molecular weight excluding hydrogens is 332 g/mol. The van der Waals surface area contributed by atoms with Crippen LogP contribution in [-0.4, -0.2) is 47.4 Å². The Labute approximate surface area is 144 Å². The molecule has 1 atom stereocenters. The van der Waals surface area contributed by atoms with Gasteiger partial charge in [-0.05, 0) is 25.5 Å². The van der Waals surface area contributed by atoms with Crippen LogP contribution in [0.2, 0.25) is 0 Å². The van der Waals surface area contributed by atoms with Gasteiger partial charge in [0.1, 0.15) is 6.54 Å². The van der Waals surface area contributed by atoms with E-state index in [0.717, 1.165) is 23.4 Å². The Hall–Kier alpha value is -1.96. The Balaban J connectivity index is 3.05.